The molecule has 11 nitrogen and oxygen atoms in total. The van der Waals surface area contributed by atoms with Crippen LogP contribution in [-0.2, 0) is 4.74 Å². The van der Waals surface area contributed by atoms with Crippen LogP contribution in [0.15, 0.2) is 42.7 Å². The van der Waals surface area contributed by atoms with Gasteiger partial charge in [-0.15, -0.1) is 0 Å². The second-order valence-corrected chi connectivity index (χ2v) is 9.93. The monoisotopic (exact) mass is 525 g/mol. The number of rotatable bonds is 6. The number of anilines is 2. The maximum Gasteiger partial charge on any atom is 0.414 e. The van der Waals surface area contributed by atoms with Crippen LogP contribution in [0.5, 0.6) is 5.75 Å². The number of hydrogen-bond donors (Lipinski definition) is 2. The smallest absolute Gasteiger partial charge is 0.414 e. The molecule has 4 aromatic rings. The molecule has 0 unspecified atom stereocenters. The van der Waals surface area contributed by atoms with Crippen molar-refractivity contribution in [3.8, 4) is 5.75 Å². The van der Waals surface area contributed by atoms with E-state index in [0.717, 1.165) is 10.9 Å². The zero-order chi connectivity index (χ0) is 26.9. The molecule has 37 heavy (non-hydrogen) atoms. The molecule has 3 heterocycles. The summed E-state index contributed by atoms with van der Waals surface area (Å²) in [5.41, 5.74) is 7.33. The van der Waals surface area contributed by atoms with Crippen molar-refractivity contribution in [3.05, 3.63) is 53.6 Å². The Bertz CT molecular complexity index is 1480. The van der Waals surface area contributed by atoms with Crippen LogP contribution in [0.2, 0.25) is 5.15 Å². The van der Waals surface area contributed by atoms with Crippen LogP contribution < -0.4 is 20.7 Å². The number of nitrogen functional groups attached to an aromatic ring is 1. The van der Waals surface area contributed by atoms with Crippen LogP contribution >= 0.6 is 11.6 Å². The number of halogens is 1. The van der Waals surface area contributed by atoms with Gasteiger partial charge >= 0.3 is 6.09 Å². The summed E-state index contributed by atoms with van der Waals surface area (Å²) < 4.78 is 12.7. The minimum Gasteiger partial charge on any atom is -0.491 e. The SMILES string of the molecule is C[C@H](COc1ccnc2ccc(N)cc12)NC(=O)c1cnc2c(N(C)C(=O)OC(C)(C)C)cc(Cl)nn12. The van der Waals surface area contributed by atoms with Crippen LogP contribution in [0.3, 0.4) is 0 Å². The number of amides is 2. The highest BCUT2D eigenvalue weighted by molar-refractivity contribution is 6.29. The lowest BCUT2D eigenvalue weighted by Gasteiger charge is -2.24. The highest BCUT2D eigenvalue weighted by Crippen LogP contribution is 2.27. The molecular weight excluding hydrogens is 498 g/mol. The second-order valence-electron chi connectivity index (χ2n) is 9.54. The van der Waals surface area contributed by atoms with Crippen molar-refractivity contribution in [3.63, 3.8) is 0 Å². The molecule has 1 atom stereocenters. The lowest BCUT2D eigenvalue weighted by Crippen LogP contribution is -2.37. The first-order chi connectivity index (χ1) is 17.4. The molecule has 0 radical (unpaired) electrons. The van der Waals surface area contributed by atoms with Crippen molar-refractivity contribution in [1.29, 1.82) is 0 Å². The summed E-state index contributed by atoms with van der Waals surface area (Å²) >= 11 is 6.22. The maximum absolute atomic E-state index is 13.1. The fourth-order valence-electron chi connectivity index (χ4n) is 3.57. The third-order valence-corrected chi connectivity index (χ3v) is 5.46. The summed E-state index contributed by atoms with van der Waals surface area (Å²) in [6.45, 7) is 7.30. The fourth-order valence-corrected chi connectivity index (χ4v) is 3.75. The van der Waals surface area contributed by atoms with Crippen molar-refractivity contribution in [2.24, 2.45) is 0 Å². The molecule has 0 aliphatic rings. The zero-order valence-corrected chi connectivity index (χ0v) is 21.9. The van der Waals surface area contributed by atoms with E-state index in [9.17, 15) is 9.59 Å². The molecule has 0 aliphatic carbocycles. The molecule has 194 valence electrons. The van der Waals surface area contributed by atoms with Crippen molar-refractivity contribution in [1.82, 2.24) is 24.9 Å². The number of nitrogens with two attached hydrogens (primary N) is 1. The van der Waals surface area contributed by atoms with Gasteiger partial charge in [-0.25, -0.2) is 14.3 Å². The van der Waals surface area contributed by atoms with Crippen LogP contribution in [0.4, 0.5) is 16.2 Å². The van der Waals surface area contributed by atoms with Crippen molar-refractivity contribution < 1.29 is 19.1 Å². The number of imidazole rings is 1. The van der Waals surface area contributed by atoms with Gasteiger partial charge in [0.2, 0.25) is 0 Å². The van der Waals surface area contributed by atoms with Gasteiger partial charge in [0.25, 0.3) is 5.91 Å². The molecule has 0 saturated carbocycles. The lowest BCUT2D eigenvalue weighted by molar-refractivity contribution is 0.0589. The second kappa shape index (κ2) is 10.1. The van der Waals surface area contributed by atoms with Crippen molar-refractivity contribution >= 4 is 51.5 Å². The largest absolute Gasteiger partial charge is 0.491 e. The first-order valence-corrected chi connectivity index (χ1v) is 11.9. The summed E-state index contributed by atoms with van der Waals surface area (Å²) in [5.74, 6) is 0.171. The van der Waals surface area contributed by atoms with E-state index >= 15 is 0 Å². The molecule has 2 amide bonds. The Labute approximate surface area is 218 Å². The summed E-state index contributed by atoms with van der Waals surface area (Å²) in [4.78, 5) is 35.5. The van der Waals surface area contributed by atoms with Crippen LogP contribution in [0, 0.1) is 0 Å². The van der Waals surface area contributed by atoms with Crippen LogP contribution in [-0.4, -0.2) is 56.9 Å². The molecule has 0 spiro atoms. The molecule has 0 bridgehead atoms. The Kier molecular flexibility index (Phi) is 7.08. The summed E-state index contributed by atoms with van der Waals surface area (Å²) in [7, 11) is 1.53. The van der Waals surface area contributed by atoms with Gasteiger partial charge in [0.1, 0.15) is 18.0 Å². The number of benzene rings is 1. The highest BCUT2D eigenvalue weighted by atomic mass is 35.5. The molecule has 0 aliphatic heterocycles. The van der Waals surface area contributed by atoms with Gasteiger partial charge in [0, 0.05) is 30.4 Å². The molecule has 0 fully saturated rings. The topological polar surface area (TPSA) is 137 Å². The standard InChI is InChI=1S/C25H28ClN7O4/c1-14(13-36-20-8-9-28-17-7-6-15(27)10-16(17)20)30-23(34)19-12-29-22-18(11-21(26)31-33(19)22)32(5)24(35)37-25(2,3)4/h6-12,14H,13,27H2,1-5H3,(H,30,34)/t14-/m1/s1. The normalized spacial score (nSPS) is 12.4. The number of aromatic nitrogens is 4. The van der Waals surface area contributed by atoms with E-state index < -0.39 is 17.6 Å². The van der Waals surface area contributed by atoms with E-state index in [0.29, 0.717) is 17.1 Å². The molecule has 1 aromatic carbocycles. The Balaban J connectivity index is 1.50. The van der Waals surface area contributed by atoms with E-state index in [-0.39, 0.29) is 29.1 Å². The number of nitrogens with zero attached hydrogens (tertiary/aromatic N) is 5. The Morgan fingerprint density at radius 1 is 1.22 bits per heavy atom. The van der Waals surface area contributed by atoms with Gasteiger partial charge in [-0.2, -0.15) is 5.10 Å². The number of carbonyl (C=O) groups is 2. The highest BCUT2D eigenvalue weighted by Gasteiger charge is 2.25. The molecular formula is C25H28ClN7O4. The van der Waals surface area contributed by atoms with Gasteiger partial charge in [-0.05, 0) is 52.0 Å². The Hall–Kier alpha value is -4.12. The van der Waals surface area contributed by atoms with Gasteiger partial charge < -0.3 is 20.5 Å². The average molecular weight is 526 g/mol. The average Bonchev–Trinajstić information content (AvgIpc) is 3.24. The van der Waals surface area contributed by atoms with E-state index in [2.05, 4.69) is 20.4 Å². The first kappa shape index (κ1) is 26.0. The summed E-state index contributed by atoms with van der Waals surface area (Å²) in [6, 6.07) is 8.24. The van der Waals surface area contributed by atoms with Crippen LogP contribution in [0.1, 0.15) is 38.2 Å². The molecule has 3 aromatic heterocycles. The van der Waals surface area contributed by atoms with Crippen molar-refractivity contribution in [2.75, 3.05) is 24.3 Å². The van der Waals surface area contributed by atoms with E-state index in [1.165, 1.54) is 28.7 Å². The van der Waals surface area contributed by atoms with Gasteiger partial charge in [0.05, 0.1) is 23.4 Å². The number of hydrogen-bond acceptors (Lipinski definition) is 8. The maximum atomic E-state index is 13.1. The quantitative estimate of drug-likeness (QED) is 0.359. The number of nitrogens with one attached hydrogen (secondary N) is 1. The predicted molar refractivity (Wildman–Crippen MR) is 141 cm³/mol. The lowest BCUT2D eigenvalue weighted by atomic mass is 10.2. The number of fused-ring (bicyclic) bond motifs is 2. The van der Waals surface area contributed by atoms with E-state index in [4.69, 9.17) is 26.8 Å². The minimum atomic E-state index is -0.688. The summed E-state index contributed by atoms with van der Waals surface area (Å²) in [6.07, 6.45) is 2.42. The molecule has 0 saturated heterocycles. The minimum absolute atomic E-state index is 0.0742. The number of carbonyl (C=O) groups excluding carboxylic acids is 2. The third-order valence-electron chi connectivity index (χ3n) is 5.27. The number of pyridine rings is 1. The van der Waals surface area contributed by atoms with Crippen molar-refractivity contribution in [2.45, 2.75) is 39.3 Å². The van der Waals surface area contributed by atoms with E-state index in [1.54, 1.807) is 52.1 Å². The van der Waals surface area contributed by atoms with Crippen LogP contribution in [0.25, 0.3) is 16.6 Å². The van der Waals surface area contributed by atoms with Gasteiger partial charge in [0.15, 0.2) is 16.5 Å². The van der Waals surface area contributed by atoms with Gasteiger partial charge in [-0.1, -0.05) is 11.6 Å². The molecule has 3 N–H and O–H groups in total. The zero-order valence-electron chi connectivity index (χ0n) is 21.2. The predicted octanol–water partition coefficient (Wildman–Crippen LogP) is 4.08. The Morgan fingerprint density at radius 2 is 1.97 bits per heavy atom. The first-order valence-electron chi connectivity index (χ1n) is 11.5. The van der Waals surface area contributed by atoms with E-state index in [1.807, 2.05) is 6.07 Å². The molecule has 12 heteroatoms. The Morgan fingerprint density at radius 3 is 2.70 bits per heavy atom. The molecule has 4 rings (SSSR count). The third kappa shape index (κ3) is 5.83. The fraction of sp³-hybridized carbons (Fsp3) is 0.320. The summed E-state index contributed by atoms with van der Waals surface area (Å²) in [5, 5.41) is 7.93. The van der Waals surface area contributed by atoms with Gasteiger partial charge in [-0.3, -0.25) is 14.7 Å². The number of ether oxygens (including phenoxy) is 2.